The van der Waals surface area contributed by atoms with Crippen LogP contribution in [0.25, 0.3) is 0 Å². The van der Waals surface area contributed by atoms with Crippen LogP contribution >= 0.6 is 0 Å². The zero-order valence-electron chi connectivity index (χ0n) is 9.40. The molecule has 0 radical (unpaired) electrons. The van der Waals surface area contributed by atoms with E-state index in [1.807, 2.05) is 24.3 Å². The molecule has 16 heavy (non-hydrogen) atoms. The van der Waals surface area contributed by atoms with Crippen molar-refractivity contribution in [2.75, 3.05) is 11.5 Å². The minimum absolute atomic E-state index is 0.799. The molecular weight excluding hydrogens is 196 g/mol. The van der Waals surface area contributed by atoms with Crippen molar-refractivity contribution in [2.24, 2.45) is 0 Å². The van der Waals surface area contributed by atoms with Crippen molar-refractivity contribution in [3.8, 4) is 0 Å². The molecule has 0 bridgehead atoms. The molecule has 2 heteroatoms. The van der Waals surface area contributed by atoms with Gasteiger partial charge in [-0.2, -0.15) is 0 Å². The van der Waals surface area contributed by atoms with Crippen LogP contribution in [0.1, 0.15) is 16.7 Å². The summed E-state index contributed by atoms with van der Waals surface area (Å²) in [6.45, 7) is 2.06. The molecule has 0 saturated carbocycles. The molecule has 0 amide bonds. The quantitative estimate of drug-likeness (QED) is 0.752. The van der Waals surface area contributed by atoms with Crippen molar-refractivity contribution in [3.05, 3.63) is 59.2 Å². The summed E-state index contributed by atoms with van der Waals surface area (Å²) in [7, 11) is 0. The third kappa shape index (κ3) is 2.16. The van der Waals surface area contributed by atoms with Gasteiger partial charge in [-0.25, -0.2) is 0 Å². The first-order chi connectivity index (χ1) is 7.66. The topological polar surface area (TPSA) is 52.0 Å². The van der Waals surface area contributed by atoms with E-state index in [9.17, 15) is 0 Å². The third-order valence-electron chi connectivity index (χ3n) is 2.86. The highest BCUT2D eigenvalue weighted by atomic mass is 14.6. The minimum atomic E-state index is 0.799. The molecule has 0 saturated heterocycles. The zero-order valence-corrected chi connectivity index (χ0v) is 9.40. The van der Waals surface area contributed by atoms with Crippen molar-refractivity contribution in [1.82, 2.24) is 0 Å². The van der Waals surface area contributed by atoms with Crippen LogP contribution in [0.4, 0.5) is 11.4 Å². The number of hydrogen-bond acceptors (Lipinski definition) is 2. The van der Waals surface area contributed by atoms with Crippen LogP contribution < -0.4 is 11.5 Å². The largest absolute Gasteiger partial charge is 0.399 e. The normalized spacial score (nSPS) is 10.3. The van der Waals surface area contributed by atoms with E-state index in [0.29, 0.717) is 0 Å². The lowest BCUT2D eigenvalue weighted by Crippen LogP contribution is -1.96. The fourth-order valence-electron chi connectivity index (χ4n) is 1.75. The number of anilines is 2. The second-order valence-electron chi connectivity index (χ2n) is 4.05. The van der Waals surface area contributed by atoms with Crippen molar-refractivity contribution < 1.29 is 0 Å². The highest BCUT2D eigenvalue weighted by Crippen LogP contribution is 2.19. The first-order valence-corrected chi connectivity index (χ1v) is 5.35. The summed E-state index contributed by atoms with van der Waals surface area (Å²) in [5, 5.41) is 0. The Morgan fingerprint density at radius 1 is 0.938 bits per heavy atom. The van der Waals surface area contributed by atoms with Gasteiger partial charge >= 0.3 is 0 Å². The van der Waals surface area contributed by atoms with Crippen LogP contribution in [-0.2, 0) is 6.42 Å². The van der Waals surface area contributed by atoms with Gasteiger partial charge in [0.25, 0.3) is 0 Å². The Morgan fingerprint density at radius 2 is 1.62 bits per heavy atom. The van der Waals surface area contributed by atoms with E-state index in [0.717, 1.165) is 17.8 Å². The summed E-state index contributed by atoms with van der Waals surface area (Å²) in [5.74, 6) is 0. The third-order valence-corrected chi connectivity index (χ3v) is 2.86. The van der Waals surface area contributed by atoms with E-state index in [1.54, 1.807) is 0 Å². The van der Waals surface area contributed by atoms with Gasteiger partial charge in [0.05, 0.1) is 0 Å². The van der Waals surface area contributed by atoms with Crippen LogP contribution in [0.15, 0.2) is 42.5 Å². The molecule has 2 aromatic carbocycles. The van der Waals surface area contributed by atoms with Crippen molar-refractivity contribution >= 4 is 11.4 Å². The summed E-state index contributed by atoms with van der Waals surface area (Å²) in [4.78, 5) is 0. The van der Waals surface area contributed by atoms with Crippen LogP contribution in [0.5, 0.6) is 0 Å². The fraction of sp³-hybridized carbons (Fsp3) is 0.143. The van der Waals surface area contributed by atoms with E-state index in [1.165, 1.54) is 16.7 Å². The van der Waals surface area contributed by atoms with Gasteiger partial charge in [-0.05, 0) is 48.2 Å². The zero-order chi connectivity index (χ0) is 11.5. The molecule has 82 valence electrons. The lowest BCUT2D eigenvalue weighted by atomic mass is 9.99. The summed E-state index contributed by atoms with van der Waals surface area (Å²) < 4.78 is 0. The second-order valence-corrected chi connectivity index (χ2v) is 4.05. The molecule has 0 aromatic heterocycles. The Balaban J connectivity index is 2.27. The summed E-state index contributed by atoms with van der Waals surface area (Å²) in [6.07, 6.45) is 0.900. The predicted molar refractivity (Wildman–Crippen MR) is 69.3 cm³/mol. The average Bonchev–Trinajstić information content (AvgIpc) is 2.28. The van der Waals surface area contributed by atoms with Gasteiger partial charge < -0.3 is 11.5 Å². The Morgan fingerprint density at radius 3 is 2.31 bits per heavy atom. The molecule has 0 heterocycles. The number of rotatable bonds is 2. The van der Waals surface area contributed by atoms with Crippen molar-refractivity contribution in [2.45, 2.75) is 13.3 Å². The first kappa shape index (κ1) is 10.6. The molecule has 0 spiro atoms. The molecule has 0 unspecified atom stereocenters. The summed E-state index contributed by atoms with van der Waals surface area (Å²) >= 11 is 0. The van der Waals surface area contributed by atoms with Gasteiger partial charge in [-0.3, -0.25) is 0 Å². The number of hydrogen-bond donors (Lipinski definition) is 2. The molecule has 4 N–H and O–H groups in total. The standard InChI is InChI=1S/C14H16N2/c1-10-12(3-2-4-14(10)16)9-11-5-7-13(15)8-6-11/h2-8H,9,15-16H2,1H3. The SMILES string of the molecule is Cc1c(N)cccc1Cc1ccc(N)cc1. The smallest absolute Gasteiger partial charge is 0.0346 e. The van der Waals surface area contributed by atoms with Crippen LogP contribution in [0.3, 0.4) is 0 Å². The molecule has 0 fully saturated rings. The maximum absolute atomic E-state index is 5.88. The Kier molecular flexibility index (Phi) is 2.82. The van der Waals surface area contributed by atoms with Gasteiger partial charge in [-0.15, -0.1) is 0 Å². The van der Waals surface area contributed by atoms with Crippen LogP contribution in [0.2, 0.25) is 0 Å². The first-order valence-electron chi connectivity index (χ1n) is 5.35. The van der Waals surface area contributed by atoms with Gasteiger partial charge in [-0.1, -0.05) is 24.3 Å². The maximum atomic E-state index is 5.88. The minimum Gasteiger partial charge on any atom is -0.399 e. The maximum Gasteiger partial charge on any atom is 0.0346 e. The Hall–Kier alpha value is -1.96. The predicted octanol–water partition coefficient (Wildman–Crippen LogP) is 2.75. The number of benzene rings is 2. The Labute approximate surface area is 95.9 Å². The number of nitrogen functional groups attached to an aromatic ring is 2. The molecular formula is C14H16N2. The molecule has 0 aliphatic carbocycles. The molecule has 0 aliphatic heterocycles. The Bertz CT molecular complexity index is 487. The second kappa shape index (κ2) is 4.27. The van der Waals surface area contributed by atoms with Crippen molar-refractivity contribution in [3.63, 3.8) is 0 Å². The molecule has 2 nitrogen and oxygen atoms in total. The lowest BCUT2D eigenvalue weighted by Gasteiger charge is -2.08. The summed E-state index contributed by atoms with van der Waals surface area (Å²) in [6, 6.07) is 14.0. The van der Waals surface area contributed by atoms with E-state index in [-0.39, 0.29) is 0 Å². The van der Waals surface area contributed by atoms with Crippen LogP contribution in [0, 0.1) is 6.92 Å². The fourth-order valence-corrected chi connectivity index (χ4v) is 1.75. The number of nitrogens with two attached hydrogens (primary N) is 2. The lowest BCUT2D eigenvalue weighted by molar-refractivity contribution is 1.16. The van der Waals surface area contributed by atoms with Crippen molar-refractivity contribution in [1.29, 1.82) is 0 Å². The summed E-state index contributed by atoms with van der Waals surface area (Å²) in [5.41, 5.74) is 16.9. The van der Waals surface area contributed by atoms with E-state index >= 15 is 0 Å². The van der Waals surface area contributed by atoms with E-state index < -0.39 is 0 Å². The van der Waals surface area contributed by atoms with Gasteiger partial charge in [0.15, 0.2) is 0 Å². The molecule has 2 rings (SSSR count). The van der Waals surface area contributed by atoms with Gasteiger partial charge in [0.2, 0.25) is 0 Å². The monoisotopic (exact) mass is 212 g/mol. The molecule has 0 atom stereocenters. The molecule has 0 aliphatic rings. The van der Waals surface area contributed by atoms with E-state index in [4.69, 9.17) is 11.5 Å². The highest BCUT2D eigenvalue weighted by Gasteiger charge is 2.02. The van der Waals surface area contributed by atoms with Crippen LogP contribution in [-0.4, -0.2) is 0 Å². The van der Waals surface area contributed by atoms with Gasteiger partial charge in [0.1, 0.15) is 0 Å². The van der Waals surface area contributed by atoms with Gasteiger partial charge in [0, 0.05) is 11.4 Å². The highest BCUT2D eigenvalue weighted by molar-refractivity contribution is 5.51. The van der Waals surface area contributed by atoms with E-state index in [2.05, 4.69) is 25.1 Å². The molecule has 2 aromatic rings. The average molecular weight is 212 g/mol.